The summed E-state index contributed by atoms with van der Waals surface area (Å²) in [4.78, 5) is 24.4. The predicted octanol–water partition coefficient (Wildman–Crippen LogP) is 3.96. The van der Waals surface area contributed by atoms with Gasteiger partial charge >= 0.3 is 0 Å². The minimum atomic E-state index is -0.342. The van der Waals surface area contributed by atoms with E-state index in [0.29, 0.717) is 26.7 Å². The van der Waals surface area contributed by atoms with Gasteiger partial charge in [0.1, 0.15) is 0 Å². The second-order valence-electron chi connectivity index (χ2n) is 4.56. The van der Waals surface area contributed by atoms with Crippen LogP contribution in [0.1, 0.15) is 26.3 Å². The topological polar surface area (TPSA) is 46.2 Å². The molecule has 0 heterocycles. The third-order valence-electron chi connectivity index (χ3n) is 3.16. The number of ketones is 1. The van der Waals surface area contributed by atoms with Crippen LogP contribution in [0.5, 0.6) is 0 Å². The number of amides is 1. The van der Waals surface area contributed by atoms with Gasteiger partial charge in [-0.1, -0.05) is 41.4 Å². The summed E-state index contributed by atoms with van der Waals surface area (Å²) in [7, 11) is 0. The molecule has 1 N–H and O–H groups in total. The van der Waals surface area contributed by atoms with E-state index in [1.54, 1.807) is 42.5 Å². The number of rotatable bonds is 2. The highest BCUT2D eigenvalue weighted by molar-refractivity contribution is 6.38. The average molecular weight is 318 g/mol. The van der Waals surface area contributed by atoms with E-state index in [1.165, 1.54) is 0 Å². The van der Waals surface area contributed by atoms with Crippen molar-refractivity contribution < 1.29 is 9.59 Å². The fraction of sp³-hybridized carbons (Fsp3) is 0. The highest BCUT2D eigenvalue weighted by atomic mass is 35.5. The first-order valence-corrected chi connectivity index (χ1v) is 6.93. The summed E-state index contributed by atoms with van der Waals surface area (Å²) in [6, 6.07) is 11.8. The lowest BCUT2D eigenvalue weighted by atomic mass is 10.1. The Kier molecular flexibility index (Phi) is 3.53. The molecule has 0 radical (unpaired) electrons. The van der Waals surface area contributed by atoms with Gasteiger partial charge in [-0.05, 0) is 30.3 Å². The van der Waals surface area contributed by atoms with Gasteiger partial charge in [0.15, 0.2) is 0 Å². The Morgan fingerprint density at radius 2 is 1.76 bits per heavy atom. The Labute approximate surface area is 131 Å². The number of nitrogens with one attached hydrogen (secondary N) is 1. The van der Waals surface area contributed by atoms with E-state index in [-0.39, 0.29) is 17.4 Å². The fourth-order valence-electron chi connectivity index (χ4n) is 2.15. The molecule has 0 unspecified atom stereocenters. The molecule has 2 aromatic rings. The lowest BCUT2D eigenvalue weighted by Crippen LogP contribution is -2.25. The third kappa shape index (κ3) is 2.58. The van der Waals surface area contributed by atoms with Crippen LogP contribution in [0, 0.1) is 0 Å². The van der Waals surface area contributed by atoms with Crippen molar-refractivity contribution in [3.05, 3.63) is 74.9 Å². The van der Waals surface area contributed by atoms with Gasteiger partial charge in [-0.25, -0.2) is 0 Å². The maximum atomic E-state index is 12.3. The number of carbonyl (C=O) groups excluding carboxylic acids is 2. The summed E-state index contributed by atoms with van der Waals surface area (Å²) < 4.78 is 0. The molecular formula is C16H9Cl2NO2. The van der Waals surface area contributed by atoms with Gasteiger partial charge in [-0.15, -0.1) is 0 Å². The fourth-order valence-corrected chi connectivity index (χ4v) is 2.70. The molecular weight excluding hydrogens is 309 g/mol. The molecule has 2 aromatic carbocycles. The van der Waals surface area contributed by atoms with Crippen LogP contribution in [-0.2, 0) is 0 Å². The molecule has 5 heteroatoms. The molecule has 0 aliphatic heterocycles. The molecule has 0 bridgehead atoms. The van der Waals surface area contributed by atoms with Crippen LogP contribution >= 0.6 is 23.2 Å². The summed E-state index contributed by atoms with van der Waals surface area (Å²) in [5.74, 6) is -0.635. The molecule has 0 saturated heterocycles. The maximum Gasteiger partial charge on any atom is 0.255 e. The molecule has 0 atom stereocenters. The normalized spacial score (nSPS) is 12.9. The standard InChI is InChI=1S/C16H9Cl2NO2/c17-10-6-12-11(13(18)7-10)8-14(15(12)20)19-16(21)9-4-2-1-3-5-9/h1-8H,(H,19,20,21). The summed E-state index contributed by atoms with van der Waals surface area (Å²) in [5.41, 5.74) is 1.65. The number of hydrogen-bond donors (Lipinski definition) is 1. The molecule has 3 nitrogen and oxygen atoms in total. The van der Waals surface area contributed by atoms with Crippen molar-refractivity contribution in [3.63, 3.8) is 0 Å². The molecule has 104 valence electrons. The number of halogens is 2. The zero-order valence-electron chi connectivity index (χ0n) is 10.7. The highest BCUT2D eigenvalue weighted by Gasteiger charge is 2.26. The van der Waals surface area contributed by atoms with Crippen molar-refractivity contribution in [2.75, 3.05) is 0 Å². The number of hydrogen-bond acceptors (Lipinski definition) is 2. The Bertz CT molecular complexity index is 782. The van der Waals surface area contributed by atoms with Gasteiger partial charge in [0.05, 0.1) is 10.7 Å². The number of carbonyl (C=O) groups is 2. The van der Waals surface area contributed by atoms with Gasteiger partial charge in [-0.2, -0.15) is 0 Å². The van der Waals surface area contributed by atoms with Gasteiger partial charge in [0.2, 0.25) is 5.78 Å². The quantitative estimate of drug-likeness (QED) is 0.911. The van der Waals surface area contributed by atoms with E-state index in [1.807, 2.05) is 6.07 Å². The minimum absolute atomic E-state index is 0.197. The summed E-state index contributed by atoms with van der Waals surface area (Å²) >= 11 is 12.0. The monoisotopic (exact) mass is 317 g/mol. The molecule has 0 saturated carbocycles. The van der Waals surface area contributed by atoms with E-state index < -0.39 is 0 Å². The summed E-state index contributed by atoms with van der Waals surface area (Å²) in [6.07, 6.45) is 1.57. The summed E-state index contributed by atoms with van der Waals surface area (Å²) in [6.45, 7) is 0. The second-order valence-corrected chi connectivity index (χ2v) is 5.40. The van der Waals surface area contributed by atoms with Crippen molar-refractivity contribution in [1.29, 1.82) is 0 Å². The zero-order valence-corrected chi connectivity index (χ0v) is 12.2. The lowest BCUT2D eigenvalue weighted by Gasteiger charge is -2.05. The van der Waals surface area contributed by atoms with E-state index in [9.17, 15) is 9.59 Å². The number of benzene rings is 2. The predicted molar refractivity (Wildman–Crippen MR) is 82.7 cm³/mol. The molecule has 0 fully saturated rings. The average Bonchev–Trinajstić information content (AvgIpc) is 2.78. The van der Waals surface area contributed by atoms with E-state index >= 15 is 0 Å². The molecule has 0 spiro atoms. The van der Waals surface area contributed by atoms with Crippen molar-refractivity contribution in [3.8, 4) is 0 Å². The first kappa shape index (κ1) is 13.9. The first-order valence-electron chi connectivity index (χ1n) is 6.18. The highest BCUT2D eigenvalue weighted by Crippen LogP contribution is 2.33. The Morgan fingerprint density at radius 3 is 2.48 bits per heavy atom. The van der Waals surface area contributed by atoms with Crippen LogP contribution in [-0.4, -0.2) is 11.7 Å². The van der Waals surface area contributed by atoms with Crippen LogP contribution in [0.2, 0.25) is 10.0 Å². The van der Waals surface area contributed by atoms with Gasteiger partial charge in [-0.3, -0.25) is 9.59 Å². The van der Waals surface area contributed by atoms with E-state index in [2.05, 4.69) is 5.32 Å². The number of allylic oxidation sites excluding steroid dienone is 1. The largest absolute Gasteiger partial charge is 0.319 e. The van der Waals surface area contributed by atoms with Crippen LogP contribution in [0.3, 0.4) is 0 Å². The van der Waals surface area contributed by atoms with Crippen molar-refractivity contribution in [2.24, 2.45) is 0 Å². The smallest absolute Gasteiger partial charge is 0.255 e. The van der Waals surface area contributed by atoms with Crippen molar-refractivity contribution >= 4 is 41.0 Å². The molecule has 1 amide bonds. The van der Waals surface area contributed by atoms with Crippen LogP contribution < -0.4 is 5.32 Å². The molecule has 0 aromatic heterocycles. The van der Waals surface area contributed by atoms with Crippen LogP contribution in [0.4, 0.5) is 0 Å². The SMILES string of the molecule is O=C(NC1=Cc2c(Cl)cc(Cl)cc2C1=O)c1ccccc1. The van der Waals surface area contributed by atoms with Crippen molar-refractivity contribution in [2.45, 2.75) is 0 Å². The van der Waals surface area contributed by atoms with Crippen LogP contribution in [0.15, 0.2) is 48.2 Å². The summed E-state index contributed by atoms with van der Waals surface area (Å²) in [5, 5.41) is 3.38. The number of fused-ring (bicyclic) bond motifs is 1. The Morgan fingerprint density at radius 1 is 1.05 bits per heavy atom. The maximum absolute atomic E-state index is 12.3. The molecule has 1 aliphatic carbocycles. The van der Waals surface area contributed by atoms with E-state index in [4.69, 9.17) is 23.2 Å². The lowest BCUT2D eigenvalue weighted by molar-refractivity contribution is 0.0936. The van der Waals surface area contributed by atoms with Crippen LogP contribution in [0.25, 0.3) is 6.08 Å². The zero-order chi connectivity index (χ0) is 15.0. The third-order valence-corrected chi connectivity index (χ3v) is 3.69. The molecule has 3 rings (SSSR count). The molecule has 21 heavy (non-hydrogen) atoms. The number of Topliss-reactive ketones (excluding diaryl/α,β-unsaturated/α-hetero) is 1. The van der Waals surface area contributed by atoms with Gasteiger partial charge < -0.3 is 5.32 Å². The first-order chi connectivity index (χ1) is 10.1. The van der Waals surface area contributed by atoms with Gasteiger partial charge in [0, 0.05) is 21.7 Å². The minimum Gasteiger partial charge on any atom is -0.319 e. The van der Waals surface area contributed by atoms with Crippen molar-refractivity contribution in [1.82, 2.24) is 5.32 Å². The van der Waals surface area contributed by atoms with E-state index in [0.717, 1.165) is 0 Å². The Hall–Kier alpha value is -2.10. The Balaban J connectivity index is 1.89. The second kappa shape index (κ2) is 5.35. The van der Waals surface area contributed by atoms with Gasteiger partial charge in [0.25, 0.3) is 5.91 Å². The molecule has 1 aliphatic rings.